The van der Waals surface area contributed by atoms with Crippen LogP contribution in [0.2, 0.25) is 0 Å². The Bertz CT molecular complexity index is 513. The number of likely N-dealkylation sites (tertiary alicyclic amines) is 1. The third-order valence-electron chi connectivity index (χ3n) is 4.43. The van der Waals surface area contributed by atoms with Gasteiger partial charge < -0.3 is 10.2 Å². The molecule has 0 radical (unpaired) electrons. The van der Waals surface area contributed by atoms with Crippen molar-refractivity contribution in [1.29, 1.82) is 0 Å². The number of rotatable bonds is 2. The Labute approximate surface area is 119 Å². The zero-order chi connectivity index (χ0) is 14.2. The molecule has 2 fully saturated rings. The van der Waals surface area contributed by atoms with Gasteiger partial charge in [-0.15, -0.1) is 0 Å². The number of nitrogens with zero attached hydrogens (tertiary/aromatic N) is 1. The van der Waals surface area contributed by atoms with Crippen molar-refractivity contribution in [3.05, 3.63) is 35.6 Å². The van der Waals surface area contributed by atoms with Crippen LogP contribution in [0.4, 0.5) is 9.18 Å². The van der Waals surface area contributed by atoms with Gasteiger partial charge in [-0.3, -0.25) is 0 Å². The van der Waals surface area contributed by atoms with Crippen LogP contribution in [0.5, 0.6) is 0 Å². The highest BCUT2D eigenvalue weighted by Crippen LogP contribution is 2.46. The first kappa shape index (κ1) is 13.4. The molecule has 3 nitrogen and oxygen atoms in total. The van der Waals surface area contributed by atoms with Crippen molar-refractivity contribution in [2.24, 2.45) is 5.92 Å². The molecule has 0 spiro atoms. The predicted molar refractivity (Wildman–Crippen MR) is 75.8 cm³/mol. The van der Waals surface area contributed by atoms with Gasteiger partial charge in [-0.25, -0.2) is 9.18 Å². The van der Waals surface area contributed by atoms with Crippen LogP contribution in [0.15, 0.2) is 24.3 Å². The maximum atomic E-state index is 13.9. The molecule has 108 valence electrons. The number of urea groups is 1. The van der Waals surface area contributed by atoms with Crippen LogP contribution < -0.4 is 5.32 Å². The minimum absolute atomic E-state index is 0.0442. The molecule has 1 aromatic carbocycles. The molecule has 3 rings (SSSR count). The minimum Gasteiger partial charge on any atom is -0.328 e. The van der Waals surface area contributed by atoms with E-state index in [1.807, 2.05) is 11.0 Å². The second-order valence-corrected chi connectivity index (χ2v) is 6.19. The fourth-order valence-corrected chi connectivity index (χ4v) is 3.09. The summed E-state index contributed by atoms with van der Waals surface area (Å²) in [5, 5.41) is 3.06. The van der Waals surface area contributed by atoms with E-state index < -0.39 is 5.54 Å². The Morgan fingerprint density at radius 2 is 2.15 bits per heavy atom. The van der Waals surface area contributed by atoms with E-state index in [2.05, 4.69) is 12.2 Å². The molecule has 20 heavy (non-hydrogen) atoms. The second kappa shape index (κ2) is 5.08. The molecular weight excluding hydrogens is 255 g/mol. The van der Waals surface area contributed by atoms with Crippen LogP contribution in [0.25, 0.3) is 0 Å². The zero-order valence-corrected chi connectivity index (χ0v) is 11.9. The predicted octanol–water partition coefficient (Wildman–Crippen LogP) is 3.26. The lowest BCUT2D eigenvalue weighted by molar-refractivity contribution is 0.165. The average molecular weight is 276 g/mol. The maximum Gasteiger partial charge on any atom is 0.318 e. The maximum absolute atomic E-state index is 13.9. The number of carbonyl (C=O) groups is 1. The average Bonchev–Trinajstić information content (AvgIpc) is 3.20. The summed E-state index contributed by atoms with van der Waals surface area (Å²) in [6.45, 7) is 3.78. The smallest absolute Gasteiger partial charge is 0.318 e. The summed E-state index contributed by atoms with van der Waals surface area (Å²) in [5.74, 6) is 0.329. The van der Waals surface area contributed by atoms with Crippen molar-refractivity contribution in [1.82, 2.24) is 10.2 Å². The molecule has 1 saturated carbocycles. The molecule has 2 aliphatic rings. The van der Waals surface area contributed by atoms with Crippen molar-refractivity contribution in [2.45, 2.75) is 38.1 Å². The molecule has 1 N–H and O–H groups in total. The molecule has 0 aromatic heterocycles. The Kier molecular flexibility index (Phi) is 3.40. The van der Waals surface area contributed by atoms with Gasteiger partial charge in [0.2, 0.25) is 0 Å². The van der Waals surface area contributed by atoms with Gasteiger partial charge in [-0.1, -0.05) is 25.1 Å². The van der Waals surface area contributed by atoms with Crippen molar-refractivity contribution >= 4 is 6.03 Å². The molecule has 1 unspecified atom stereocenters. The summed E-state index contributed by atoms with van der Waals surface area (Å²) in [7, 11) is 0. The van der Waals surface area contributed by atoms with Gasteiger partial charge >= 0.3 is 6.03 Å². The lowest BCUT2D eigenvalue weighted by Crippen LogP contribution is -2.48. The number of hydrogen-bond donors (Lipinski definition) is 1. The van der Waals surface area contributed by atoms with E-state index in [0.29, 0.717) is 11.5 Å². The van der Waals surface area contributed by atoms with Crippen LogP contribution >= 0.6 is 0 Å². The van der Waals surface area contributed by atoms with Gasteiger partial charge in [0.25, 0.3) is 0 Å². The van der Waals surface area contributed by atoms with Crippen molar-refractivity contribution < 1.29 is 9.18 Å². The number of nitrogens with one attached hydrogen (secondary N) is 1. The zero-order valence-electron chi connectivity index (χ0n) is 11.9. The molecular formula is C16H21FN2O. The molecule has 1 saturated heterocycles. The normalized spacial score (nSPS) is 24.3. The third kappa shape index (κ3) is 2.51. The largest absolute Gasteiger partial charge is 0.328 e. The topological polar surface area (TPSA) is 32.3 Å². The fourth-order valence-electron chi connectivity index (χ4n) is 3.09. The summed E-state index contributed by atoms with van der Waals surface area (Å²) < 4.78 is 13.9. The van der Waals surface area contributed by atoms with E-state index >= 15 is 0 Å². The number of piperidine rings is 1. The summed E-state index contributed by atoms with van der Waals surface area (Å²) in [6, 6.07) is 6.71. The first-order valence-corrected chi connectivity index (χ1v) is 7.43. The van der Waals surface area contributed by atoms with Crippen LogP contribution in [-0.2, 0) is 5.54 Å². The molecule has 1 aliphatic carbocycles. The molecule has 1 heterocycles. The first-order valence-electron chi connectivity index (χ1n) is 7.43. The summed E-state index contributed by atoms with van der Waals surface area (Å²) in [5.41, 5.74) is 0.154. The lowest BCUT2D eigenvalue weighted by Gasteiger charge is -2.32. The van der Waals surface area contributed by atoms with Gasteiger partial charge in [-0.2, -0.15) is 0 Å². The number of carbonyl (C=O) groups excluding carboxylic acids is 1. The Morgan fingerprint density at radius 3 is 2.80 bits per heavy atom. The van der Waals surface area contributed by atoms with Crippen molar-refractivity contribution in [2.75, 3.05) is 13.1 Å². The van der Waals surface area contributed by atoms with Gasteiger partial charge in [0, 0.05) is 18.7 Å². The highest BCUT2D eigenvalue weighted by Gasteiger charge is 2.48. The van der Waals surface area contributed by atoms with Gasteiger partial charge in [-0.05, 0) is 37.7 Å². The monoisotopic (exact) mass is 276 g/mol. The Hall–Kier alpha value is -1.58. The van der Waals surface area contributed by atoms with Crippen molar-refractivity contribution in [3.63, 3.8) is 0 Å². The third-order valence-corrected chi connectivity index (χ3v) is 4.43. The SMILES string of the molecule is CC1CCCN(C(=O)NC2(c3ccccc3F)CC2)C1. The highest BCUT2D eigenvalue weighted by atomic mass is 19.1. The summed E-state index contributed by atoms with van der Waals surface area (Å²) in [6.07, 6.45) is 3.88. The van der Waals surface area contributed by atoms with E-state index in [1.54, 1.807) is 12.1 Å². The van der Waals surface area contributed by atoms with Gasteiger partial charge in [0.1, 0.15) is 5.82 Å². The molecule has 1 aliphatic heterocycles. The minimum atomic E-state index is -0.469. The van der Waals surface area contributed by atoms with Gasteiger partial charge in [0.05, 0.1) is 5.54 Å². The number of halogens is 1. The van der Waals surface area contributed by atoms with E-state index in [1.165, 1.54) is 12.5 Å². The second-order valence-electron chi connectivity index (χ2n) is 6.19. The Morgan fingerprint density at radius 1 is 1.40 bits per heavy atom. The fraction of sp³-hybridized carbons (Fsp3) is 0.562. The Balaban J connectivity index is 1.71. The standard InChI is InChI=1S/C16H21FN2O/c1-12-5-4-10-19(11-12)15(20)18-16(8-9-16)13-6-2-3-7-14(13)17/h2-3,6-7,12H,4-5,8-11H2,1H3,(H,18,20). The van der Waals surface area contributed by atoms with E-state index in [4.69, 9.17) is 0 Å². The van der Waals surface area contributed by atoms with E-state index in [9.17, 15) is 9.18 Å². The molecule has 0 bridgehead atoms. The summed E-state index contributed by atoms with van der Waals surface area (Å²) in [4.78, 5) is 14.2. The number of benzene rings is 1. The van der Waals surface area contributed by atoms with Gasteiger partial charge in [0.15, 0.2) is 0 Å². The molecule has 1 atom stereocenters. The van der Waals surface area contributed by atoms with Crippen molar-refractivity contribution in [3.8, 4) is 0 Å². The van der Waals surface area contributed by atoms with Crippen LogP contribution in [0, 0.1) is 11.7 Å². The van der Waals surface area contributed by atoms with Crippen LogP contribution in [0.1, 0.15) is 38.2 Å². The molecule has 1 aromatic rings. The van der Waals surface area contributed by atoms with E-state index in [-0.39, 0.29) is 11.8 Å². The quantitative estimate of drug-likeness (QED) is 0.883. The van der Waals surface area contributed by atoms with Crippen LogP contribution in [-0.4, -0.2) is 24.0 Å². The summed E-state index contributed by atoms with van der Waals surface area (Å²) >= 11 is 0. The lowest BCUT2D eigenvalue weighted by atomic mass is 10.0. The number of hydrogen-bond acceptors (Lipinski definition) is 1. The molecule has 2 amide bonds. The van der Waals surface area contributed by atoms with E-state index in [0.717, 1.165) is 32.4 Å². The number of amides is 2. The highest BCUT2D eigenvalue weighted by molar-refractivity contribution is 5.76. The molecule has 4 heteroatoms. The van der Waals surface area contributed by atoms with Crippen LogP contribution in [0.3, 0.4) is 0 Å². The first-order chi connectivity index (χ1) is 9.61.